The first-order chi connectivity index (χ1) is 19.0. The van der Waals surface area contributed by atoms with Crippen LogP contribution in [0, 0.1) is 18.3 Å². The van der Waals surface area contributed by atoms with Gasteiger partial charge in [-0.1, -0.05) is 29.8 Å². The molecule has 0 bridgehead atoms. The van der Waals surface area contributed by atoms with E-state index < -0.39 is 30.1 Å². The van der Waals surface area contributed by atoms with Gasteiger partial charge in [0.05, 0.1) is 21.9 Å². The van der Waals surface area contributed by atoms with E-state index in [-0.39, 0.29) is 58.1 Å². The van der Waals surface area contributed by atoms with E-state index in [1.165, 1.54) is 30.3 Å². The van der Waals surface area contributed by atoms with Gasteiger partial charge < -0.3 is 24.8 Å². The molecular weight excluding hydrogens is 546 g/mol. The SMILES string of the molecule is Cc1cccc(Cl)c1C(=N)/C(COc1ccc2c(n1)C(F)(F)C(O)Cc1ccc(C(=O)O)cc1O2)=C(\O)C1CC1. The highest BCUT2D eigenvalue weighted by atomic mass is 35.5. The number of carbonyl (C=O) groups is 1. The van der Waals surface area contributed by atoms with Crippen LogP contribution in [0.1, 0.15) is 45.6 Å². The van der Waals surface area contributed by atoms with E-state index in [2.05, 4.69) is 4.98 Å². The molecule has 1 aliphatic heterocycles. The summed E-state index contributed by atoms with van der Waals surface area (Å²) in [5.74, 6) is -5.84. The minimum absolute atomic E-state index is 0.00861. The summed E-state index contributed by atoms with van der Waals surface area (Å²) in [4.78, 5) is 15.3. The first-order valence-corrected chi connectivity index (χ1v) is 12.9. The fraction of sp³-hybridized carbons (Fsp3) is 0.276. The number of rotatable bonds is 7. The lowest BCUT2D eigenvalue weighted by Gasteiger charge is -2.28. The van der Waals surface area contributed by atoms with Gasteiger partial charge in [0, 0.05) is 24.0 Å². The number of aliphatic hydroxyl groups excluding tert-OH is 2. The lowest BCUT2D eigenvalue weighted by Crippen LogP contribution is -2.35. The molecule has 5 rings (SSSR count). The number of aryl methyl sites for hydroxylation is 1. The van der Waals surface area contributed by atoms with E-state index in [1.807, 2.05) is 0 Å². The molecule has 1 saturated carbocycles. The lowest BCUT2D eigenvalue weighted by molar-refractivity contribution is -0.119. The van der Waals surface area contributed by atoms with Gasteiger partial charge in [0.15, 0.2) is 11.4 Å². The van der Waals surface area contributed by atoms with Crippen LogP contribution >= 0.6 is 11.6 Å². The summed E-state index contributed by atoms with van der Waals surface area (Å²) in [7, 11) is 0. The summed E-state index contributed by atoms with van der Waals surface area (Å²) in [6.07, 6.45) is -1.20. The molecule has 0 saturated heterocycles. The van der Waals surface area contributed by atoms with Crippen molar-refractivity contribution in [2.45, 2.75) is 38.2 Å². The number of pyridine rings is 1. The Kier molecular flexibility index (Phi) is 7.24. The van der Waals surface area contributed by atoms with E-state index in [9.17, 15) is 20.1 Å². The van der Waals surface area contributed by atoms with Gasteiger partial charge in [-0.2, -0.15) is 8.78 Å². The summed E-state index contributed by atoms with van der Waals surface area (Å²) in [5.41, 5.74) is 0.457. The maximum Gasteiger partial charge on any atom is 0.335 e. The van der Waals surface area contributed by atoms with Gasteiger partial charge in [0.1, 0.15) is 24.2 Å². The predicted molar refractivity (Wildman–Crippen MR) is 142 cm³/mol. The van der Waals surface area contributed by atoms with Crippen LogP contribution in [0.25, 0.3) is 0 Å². The summed E-state index contributed by atoms with van der Waals surface area (Å²) < 4.78 is 42.1. The number of aliphatic hydroxyl groups is 2. The molecule has 11 heteroatoms. The maximum atomic E-state index is 15.4. The third-order valence-corrected chi connectivity index (χ3v) is 7.24. The van der Waals surface area contributed by atoms with Crippen molar-refractivity contribution in [3.63, 3.8) is 0 Å². The summed E-state index contributed by atoms with van der Waals surface area (Å²) in [6, 6.07) is 11.4. The summed E-state index contributed by atoms with van der Waals surface area (Å²) in [5, 5.41) is 39.7. The fourth-order valence-corrected chi connectivity index (χ4v) is 4.83. The average molecular weight is 571 g/mol. The monoisotopic (exact) mass is 570 g/mol. The van der Waals surface area contributed by atoms with Crippen LogP contribution in [0.3, 0.4) is 0 Å². The van der Waals surface area contributed by atoms with Crippen molar-refractivity contribution in [1.29, 1.82) is 5.41 Å². The molecule has 3 aromatic rings. The second-order valence-corrected chi connectivity index (χ2v) is 10.2. The minimum atomic E-state index is -3.84. The summed E-state index contributed by atoms with van der Waals surface area (Å²) in [6.45, 7) is 1.43. The zero-order valence-electron chi connectivity index (χ0n) is 21.2. The van der Waals surface area contributed by atoms with Gasteiger partial charge in [-0.3, -0.25) is 5.41 Å². The molecule has 40 heavy (non-hydrogen) atoms. The van der Waals surface area contributed by atoms with Gasteiger partial charge in [-0.25, -0.2) is 9.78 Å². The molecule has 1 aromatic heterocycles. The smallest absolute Gasteiger partial charge is 0.335 e. The Hall–Kier alpha value is -4.02. The number of ether oxygens (including phenoxy) is 2. The van der Waals surface area contributed by atoms with Crippen LogP contribution in [-0.2, 0) is 12.3 Å². The molecule has 1 unspecified atom stereocenters. The molecule has 208 valence electrons. The van der Waals surface area contributed by atoms with E-state index in [0.29, 0.717) is 10.6 Å². The van der Waals surface area contributed by atoms with Crippen LogP contribution in [0.15, 0.2) is 59.9 Å². The van der Waals surface area contributed by atoms with Gasteiger partial charge in [0.25, 0.3) is 0 Å². The summed E-state index contributed by atoms with van der Waals surface area (Å²) >= 11 is 6.35. The number of aromatic carboxylic acids is 1. The number of halogens is 3. The van der Waals surface area contributed by atoms with Gasteiger partial charge in [-0.15, -0.1) is 0 Å². The number of hydrogen-bond acceptors (Lipinski definition) is 7. The fourth-order valence-electron chi connectivity index (χ4n) is 4.52. The zero-order valence-corrected chi connectivity index (χ0v) is 22.0. The van der Waals surface area contributed by atoms with Crippen LogP contribution in [0.2, 0.25) is 5.02 Å². The molecule has 2 heterocycles. The Morgan fingerprint density at radius 3 is 2.60 bits per heavy atom. The maximum absolute atomic E-state index is 15.4. The molecule has 4 N–H and O–H groups in total. The Morgan fingerprint density at radius 2 is 1.93 bits per heavy atom. The molecular formula is C29H25ClF2N2O6. The third-order valence-electron chi connectivity index (χ3n) is 6.93. The quantitative estimate of drug-likeness (QED) is 0.196. The van der Waals surface area contributed by atoms with E-state index in [1.54, 1.807) is 25.1 Å². The van der Waals surface area contributed by atoms with E-state index in [4.69, 9.17) is 26.5 Å². The molecule has 0 radical (unpaired) electrons. The highest BCUT2D eigenvalue weighted by Crippen LogP contribution is 2.44. The van der Waals surface area contributed by atoms with Crippen LogP contribution < -0.4 is 9.47 Å². The Bertz CT molecular complexity index is 1530. The largest absolute Gasteiger partial charge is 0.512 e. The van der Waals surface area contributed by atoms with Gasteiger partial charge in [0.2, 0.25) is 5.88 Å². The Balaban J connectivity index is 1.48. The molecule has 1 fully saturated rings. The number of nitrogens with one attached hydrogen (secondary N) is 1. The third kappa shape index (κ3) is 5.24. The van der Waals surface area contributed by atoms with Crippen molar-refractivity contribution in [3.05, 3.63) is 92.8 Å². The van der Waals surface area contributed by atoms with Crippen molar-refractivity contribution in [2.75, 3.05) is 6.61 Å². The second kappa shape index (κ2) is 10.5. The lowest BCUT2D eigenvalue weighted by atomic mass is 9.96. The van der Waals surface area contributed by atoms with Crippen molar-refractivity contribution in [1.82, 2.24) is 4.98 Å². The standard InChI is InChI=1S/C29H25ClF2N2O6/c1-14-3-2-4-19(30)24(14)25(33)18(26(36)15-5-6-15)13-39-23-10-9-20-27(34-23)29(31,32)22(35)12-16-7-8-17(28(37)38)11-21(16)40-20/h2-4,7-11,15,22,33,35-36H,5-6,12-13H2,1H3,(H,37,38)/b26-18-,33-25?. The first-order valence-electron chi connectivity index (χ1n) is 12.5. The van der Waals surface area contributed by atoms with Crippen molar-refractivity contribution < 1.29 is 38.4 Å². The number of nitrogens with zero attached hydrogens (tertiary/aromatic N) is 1. The van der Waals surface area contributed by atoms with Crippen LogP contribution in [0.5, 0.6) is 17.4 Å². The topological polar surface area (TPSA) is 133 Å². The number of alkyl halides is 2. The normalized spacial score (nSPS) is 18.3. The first kappa shape index (κ1) is 27.5. The van der Waals surface area contributed by atoms with Crippen molar-refractivity contribution >= 4 is 23.3 Å². The molecule has 0 amide bonds. The van der Waals surface area contributed by atoms with Crippen molar-refractivity contribution in [2.24, 2.45) is 5.92 Å². The molecule has 0 spiro atoms. The van der Waals surface area contributed by atoms with Gasteiger partial charge >= 0.3 is 11.9 Å². The molecule has 8 nitrogen and oxygen atoms in total. The number of carboxylic acid groups (broad SMARTS) is 1. The number of fused-ring (bicyclic) bond motifs is 2. The number of aromatic nitrogens is 1. The molecule has 1 aliphatic carbocycles. The Morgan fingerprint density at radius 1 is 1.18 bits per heavy atom. The highest BCUT2D eigenvalue weighted by molar-refractivity contribution is 6.35. The number of allylic oxidation sites excluding steroid dienone is 1. The minimum Gasteiger partial charge on any atom is -0.512 e. The predicted octanol–water partition coefficient (Wildman–Crippen LogP) is 6.21. The highest BCUT2D eigenvalue weighted by Gasteiger charge is 2.46. The number of benzene rings is 2. The molecule has 1 atom stereocenters. The molecule has 2 aliphatic rings. The van der Waals surface area contributed by atoms with E-state index >= 15 is 8.78 Å². The number of carboxylic acids is 1. The Labute approximate surface area is 233 Å². The van der Waals surface area contributed by atoms with Crippen molar-refractivity contribution in [3.8, 4) is 17.4 Å². The van der Waals surface area contributed by atoms with Crippen LogP contribution in [-0.4, -0.2) is 44.7 Å². The average Bonchev–Trinajstić information content (AvgIpc) is 3.75. The molecule has 2 aromatic carbocycles. The van der Waals surface area contributed by atoms with Crippen LogP contribution in [0.4, 0.5) is 8.78 Å². The zero-order chi connectivity index (χ0) is 28.8. The number of hydrogen-bond donors (Lipinski definition) is 4. The second-order valence-electron chi connectivity index (χ2n) is 9.80. The van der Waals surface area contributed by atoms with Gasteiger partial charge in [-0.05, 0) is 55.2 Å². The van der Waals surface area contributed by atoms with E-state index in [0.717, 1.165) is 18.4 Å².